The van der Waals surface area contributed by atoms with Gasteiger partial charge in [0.25, 0.3) is 0 Å². The van der Waals surface area contributed by atoms with Crippen LogP contribution in [0.1, 0.15) is 21.9 Å². The topological polar surface area (TPSA) is 34.4 Å². The third-order valence-electron chi connectivity index (χ3n) is 3.34. The molecule has 0 atom stereocenters. The van der Waals surface area contributed by atoms with Gasteiger partial charge in [-0.25, -0.2) is 9.37 Å². The summed E-state index contributed by atoms with van der Waals surface area (Å²) < 4.78 is 16.0. The minimum Gasteiger partial charge on any atom is -0.302 e. The number of fused-ring (bicyclic) bond motifs is 1. The van der Waals surface area contributed by atoms with Crippen LogP contribution in [0.15, 0.2) is 47.1 Å². The average molecular weight is 347 g/mol. The highest BCUT2D eigenvalue weighted by molar-refractivity contribution is 9.10. The number of carbonyl (C=O) groups is 1. The van der Waals surface area contributed by atoms with Crippen LogP contribution in [0.5, 0.6) is 0 Å². The number of carbonyl (C=O) groups excluding carboxylic acids is 1. The van der Waals surface area contributed by atoms with Gasteiger partial charge in [-0.15, -0.1) is 0 Å². The quantitative estimate of drug-likeness (QED) is 0.672. The van der Waals surface area contributed by atoms with Gasteiger partial charge in [0.2, 0.25) is 0 Å². The van der Waals surface area contributed by atoms with E-state index in [1.54, 1.807) is 6.07 Å². The predicted octanol–water partition coefficient (Wildman–Crippen LogP) is 3.83. The van der Waals surface area contributed by atoms with Crippen molar-refractivity contribution in [2.75, 3.05) is 0 Å². The molecule has 2 aromatic heterocycles. The molecular formula is C16H12BrFN2O. The summed E-state index contributed by atoms with van der Waals surface area (Å²) in [6, 6.07) is 10.3. The zero-order valence-electron chi connectivity index (χ0n) is 11.1. The van der Waals surface area contributed by atoms with Crippen LogP contribution in [0, 0.1) is 5.82 Å². The van der Waals surface area contributed by atoms with Crippen molar-refractivity contribution in [1.29, 1.82) is 0 Å². The van der Waals surface area contributed by atoms with Gasteiger partial charge in [0.15, 0.2) is 6.29 Å². The number of rotatable bonds is 4. The second-order valence-electron chi connectivity index (χ2n) is 4.76. The summed E-state index contributed by atoms with van der Waals surface area (Å²) in [5.74, 6) is 0.550. The normalized spacial score (nSPS) is 11.0. The second kappa shape index (κ2) is 5.77. The summed E-state index contributed by atoms with van der Waals surface area (Å²) in [4.78, 5) is 15.5. The fourth-order valence-corrected chi connectivity index (χ4v) is 2.70. The molecule has 2 heterocycles. The Labute approximate surface area is 129 Å². The van der Waals surface area contributed by atoms with Gasteiger partial charge in [0, 0.05) is 17.1 Å². The average Bonchev–Trinajstić information content (AvgIpc) is 2.82. The predicted molar refractivity (Wildman–Crippen MR) is 82.1 cm³/mol. The van der Waals surface area contributed by atoms with Gasteiger partial charge in [0.1, 0.15) is 17.3 Å². The maximum absolute atomic E-state index is 13.2. The van der Waals surface area contributed by atoms with Gasteiger partial charge in [-0.1, -0.05) is 12.1 Å². The lowest BCUT2D eigenvalue weighted by atomic mass is 10.1. The molecule has 0 aliphatic rings. The third kappa shape index (κ3) is 2.88. The lowest BCUT2D eigenvalue weighted by Crippen LogP contribution is -1.98. The van der Waals surface area contributed by atoms with Crippen molar-refractivity contribution in [1.82, 2.24) is 9.38 Å². The summed E-state index contributed by atoms with van der Waals surface area (Å²) >= 11 is 3.42. The van der Waals surface area contributed by atoms with Crippen molar-refractivity contribution in [3.8, 4) is 0 Å². The van der Waals surface area contributed by atoms with Crippen LogP contribution in [-0.2, 0) is 12.8 Å². The van der Waals surface area contributed by atoms with Crippen molar-refractivity contribution in [2.45, 2.75) is 12.8 Å². The maximum atomic E-state index is 13.2. The fourth-order valence-electron chi connectivity index (χ4n) is 2.36. The van der Waals surface area contributed by atoms with E-state index in [1.165, 1.54) is 12.1 Å². The molecule has 21 heavy (non-hydrogen) atoms. The first-order valence-corrected chi connectivity index (χ1v) is 7.33. The molecule has 1 aromatic carbocycles. The number of aldehydes is 1. The lowest BCUT2D eigenvalue weighted by Gasteiger charge is -2.03. The van der Waals surface area contributed by atoms with E-state index in [-0.39, 0.29) is 5.82 Å². The third-order valence-corrected chi connectivity index (χ3v) is 3.81. The number of halogens is 2. The van der Waals surface area contributed by atoms with Gasteiger partial charge < -0.3 is 4.40 Å². The van der Waals surface area contributed by atoms with Crippen molar-refractivity contribution in [2.24, 2.45) is 0 Å². The van der Waals surface area contributed by atoms with Gasteiger partial charge >= 0.3 is 0 Å². The zero-order chi connectivity index (χ0) is 14.8. The molecule has 0 aliphatic carbocycles. The molecule has 3 nitrogen and oxygen atoms in total. The van der Waals surface area contributed by atoms with E-state index in [0.29, 0.717) is 18.5 Å². The maximum Gasteiger partial charge on any atom is 0.170 e. The minimum atomic E-state index is -0.239. The van der Waals surface area contributed by atoms with E-state index in [1.807, 2.05) is 28.8 Å². The molecule has 0 fully saturated rings. The number of hydrogen-bond acceptors (Lipinski definition) is 2. The van der Waals surface area contributed by atoms with Crippen LogP contribution in [0.2, 0.25) is 0 Å². The van der Waals surface area contributed by atoms with Crippen LogP contribution < -0.4 is 0 Å². The molecule has 0 unspecified atom stereocenters. The highest BCUT2D eigenvalue weighted by Crippen LogP contribution is 2.18. The highest BCUT2D eigenvalue weighted by Gasteiger charge is 2.10. The first-order chi connectivity index (χ1) is 10.2. The Morgan fingerprint density at radius 1 is 1.24 bits per heavy atom. The lowest BCUT2D eigenvalue weighted by molar-refractivity contribution is 0.112. The Balaban J connectivity index is 1.93. The smallest absolute Gasteiger partial charge is 0.170 e. The Hall–Kier alpha value is -2.01. The summed E-state index contributed by atoms with van der Waals surface area (Å²) in [5.41, 5.74) is 2.12. The molecule has 0 saturated carbocycles. The minimum absolute atomic E-state index is 0.239. The number of nitrogens with zero attached hydrogens (tertiary/aromatic N) is 2. The van der Waals surface area contributed by atoms with E-state index >= 15 is 0 Å². The molecular weight excluding hydrogens is 335 g/mol. The molecule has 0 bridgehead atoms. The van der Waals surface area contributed by atoms with Crippen LogP contribution in [-0.4, -0.2) is 15.7 Å². The van der Waals surface area contributed by atoms with Gasteiger partial charge in [0.05, 0.1) is 5.52 Å². The van der Waals surface area contributed by atoms with Crippen molar-refractivity contribution in [3.05, 3.63) is 70.0 Å². The zero-order valence-corrected chi connectivity index (χ0v) is 12.7. The summed E-state index contributed by atoms with van der Waals surface area (Å²) in [5, 5.41) is 0. The first-order valence-electron chi connectivity index (χ1n) is 6.53. The number of pyridine rings is 1. The standard InChI is InChI=1S/C16H12BrFN2O/c17-12-5-6-15-14(10-21)19-16(20(15)9-12)7-4-11-2-1-3-13(18)8-11/h1-3,5-6,8-10H,4,7H2. The van der Waals surface area contributed by atoms with Gasteiger partial charge in [-0.05, 0) is 52.2 Å². The Kier molecular flexibility index (Phi) is 3.84. The van der Waals surface area contributed by atoms with Crippen LogP contribution >= 0.6 is 15.9 Å². The van der Waals surface area contributed by atoms with Crippen LogP contribution in [0.25, 0.3) is 5.52 Å². The van der Waals surface area contributed by atoms with Crippen LogP contribution in [0.3, 0.4) is 0 Å². The van der Waals surface area contributed by atoms with Gasteiger partial charge in [-0.3, -0.25) is 4.79 Å². The Morgan fingerprint density at radius 3 is 2.86 bits per heavy atom. The number of hydrogen-bond donors (Lipinski definition) is 0. The fraction of sp³-hybridized carbons (Fsp3) is 0.125. The monoisotopic (exact) mass is 346 g/mol. The van der Waals surface area contributed by atoms with E-state index in [2.05, 4.69) is 20.9 Å². The summed E-state index contributed by atoms with van der Waals surface area (Å²) in [7, 11) is 0. The molecule has 0 aliphatic heterocycles. The van der Waals surface area contributed by atoms with Crippen molar-refractivity contribution < 1.29 is 9.18 Å². The summed E-state index contributed by atoms with van der Waals surface area (Å²) in [6.45, 7) is 0. The number of imidazole rings is 1. The largest absolute Gasteiger partial charge is 0.302 e. The molecule has 0 saturated heterocycles. The van der Waals surface area contributed by atoms with E-state index in [9.17, 15) is 9.18 Å². The molecule has 0 amide bonds. The van der Waals surface area contributed by atoms with Crippen LogP contribution in [0.4, 0.5) is 4.39 Å². The molecule has 3 rings (SSSR count). The molecule has 3 aromatic rings. The SMILES string of the molecule is O=Cc1nc(CCc2cccc(F)c2)n2cc(Br)ccc12. The molecule has 5 heteroatoms. The van der Waals surface area contributed by atoms with Gasteiger partial charge in [-0.2, -0.15) is 0 Å². The van der Waals surface area contributed by atoms with Crippen molar-refractivity contribution in [3.63, 3.8) is 0 Å². The first kappa shape index (κ1) is 13.9. The molecule has 0 spiro atoms. The van der Waals surface area contributed by atoms with E-state index in [0.717, 1.165) is 27.7 Å². The Morgan fingerprint density at radius 2 is 2.10 bits per heavy atom. The summed E-state index contributed by atoms with van der Waals surface area (Å²) in [6.07, 6.45) is 3.95. The van der Waals surface area contributed by atoms with E-state index in [4.69, 9.17) is 0 Å². The molecule has 106 valence electrons. The number of aromatic nitrogens is 2. The Bertz CT molecular complexity index is 813. The van der Waals surface area contributed by atoms with E-state index < -0.39 is 0 Å². The highest BCUT2D eigenvalue weighted by atomic mass is 79.9. The molecule has 0 radical (unpaired) electrons. The second-order valence-corrected chi connectivity index (χ2v) is 5.68. The number of benzene rings is 1. The van der Waals surface area contributed by atoms with Crippen molar-refractivity contribution >= 4 is 27.7 Å². The molecule has 0 N–H and O–H groups in total. The number of aryl methyl sites for hydroxylation is 2.